The Labute approximate surface area is 353 Å². The van der Waals surface area contributed by atoms with E-state index in [1.54, 1.807) is 27.3 Å². The van der Waals surface area contributed by atoms with Crippen molar-refractivity contribution in [2.24, 2.45) is 0 Å². The van der Waals surface area contributed by atoms with Gasteiger partial charge in [0, 0.05) is 24.3 Å². The van der Waals surface area contributed by atoms with Gasteiger partial charge in [-0.05, 0) is 66.8 Å². The number of ether oxygens (including phenoxy) is 3. The minimum Gasteiger partial charge on any atom is -0.497 e. The van der Waals surface area contributed by atoms with Crippen LogP contribution in [0.5, 0.6) is 11.5 Å². The fraction of sp³-hybridized carbons (Fsp3) is 0.292. The third-order valence-electron chi connectivity index (χ3n) is 12.1. The number of nitrogens with zero attached hydrogens (tertiary/aromatic N) is 2. The van der Waals surface area contributed by atoms with Crippen LogP contribution in [0.15, 0.2) is 155 Å². The van der Waals surface area contributed by atoms with Crippen LogP contribution >= 0.6 is 8.53 Å². The van der Waals surface area contributed by atoms with E-state index in [1.165, 1.54) is 14.9 Å². The van der Waals surface area contributed by atoms with Crippen LogP contribution in [0.2, 0.25) is 12.6 Å². The Balaban J connectivity index is 1.17. The molecule has 2 aliphatic heterocycles. The average Bonchev–Trinajstić information content (AvgIpc) is 3.91. The van der Waals surface area contributed by atoms with Crippen LogP contribution in [0.1, 0.15) is 35.1 Å². The number of aryl methyl sites for hydroxylation is 1. The first-order valence-electron chi connectivity index (χ1n) is 20.5. The topological polar surface area (TPSA) is 104 Å². The van der Waals surface area contributed by atoms with E-state index in [-0.39, 0.29) is 25.3 Å². The van der Waals surface area contributed by atoms with Crippen molar-refractivity contribution >= 4 is 27.0 Å². The molecule has 5 aromatic carbocycles. The first kappa shape index (κ1) is 41.6. The second-order valence-corrected chi connectivity index (χ2v) is 21.4. The molecule has 1 N–H and O–H groups in total. The van der Waals surface area contributed by atoms with Gasteiger partial charge in [-0.1, -0.05) is 132 Å². The molecule has 0 unspecified atom stereocenters. The number of methoxy groups -OCH3 is 2. The Kier molecular flexibility index (Phi) is 12.6. The fourth-order valence-corrected chi connectivity index (χ4v) is 14.7. The van der Waals surface area contributed by atoms with Gasteiger partial charge in [0.1, 0.15) is 31.3 Å². The van der Waals surface area contributed by atoms with Crippen molar-refractivity contribution in [3.8, 4) is 11.5 Å². The van der Waals surface area contributed by atoms with Crippen molar-refractivity contribution in [1.29, 1.82) is 0 Å². The Bertz CT molecular complexity index is 2360. The van der Waals surface area contributed by atoms with Crippen molar-refractivity contribution in [2.45, 2.75) is 62.8 Å². The van der Waals surface area contributed by atoms with Crippen LogP contribution in [0.3, 0.4) is 0 Å². The molecule has 8 rings (SSSR count). The SMILES string of the molecule is COc1ccc(C(OC[C@@H](Cn2cc(C)c(=O)[nH]c2=O)O[P@@]2O[C@H](C[Si](C)(c3ccccc3)c3ccccc3)[C@@H]3CCCN32)(c2ccccc2)c2ccc(OC)cc2)cc1. The minimum atomic E-state index is -2.26. The molecule has 4 atom stereocenters. The maximum absolute atomic E-state index is 13.4. The summed E-state index contributed by atoms with van der Waals surface area (Å²) in [4.78, 5) is 28.3. The molecule has 2 aliphatic rings. The van der Waals surface area contributed by atoms with E-state index in [4.69, 9.17) is 23.3 Å². The molecule has 310 valence electrons. The smallest absolute Gasteiger partial charge is 0.328 e. The zero-order chi connectivity index (χ0) is 41.7. The first-order chi connectivity index (χ1) is 29.2. The lowest BCUT2D eigenvalue weighted by Crippen LogP contribution is -2.58. The number of nitrogens with one attached hydrogen (secondary N) is 1. The maximum atomic E-state index is 13.4. The number of H-pyrrole nitrogens is 1. The van der Waals surface area contributed by atoms with E-state index < -0.39 is 39.6 Å². The molecular weight excluding hydrogens is 790 g/mol. The first-order valence-corrected chi connectivity index (χ1v) is 24.4. The molecule has 6 aromatic rings. The summed E-state index contributed by atoms with van der Waals surface area (Å²) in [5.41, 5.74) is 1.05. The number of rotatable bonds is 16. The number of hydrogen-bond donors (Lipinski definition) is 1. The van der Waals surface area contributed by atoms with Crippen LogP contribution in [-0.4, -0.2) is 67.9 Å². The monoisotopic (exact) mass is 841 g/mol. The lowest BCUT2D eigenvalue weighted by Gasteiger charge is -2.37. The van der Waals surface area contributed by atoms with Gasteiger partial charge in [-0.2, -0.15) is 0 Å². The molecule has 12 heteroatoms. The highest BCUT2D eigenvalue weighted by atomic mass is 31.2. The van der Waals surface area contributed by atoms with Gasteiger partial charge >= 0.3 is 5.69 Å². The second kappa shape index (κ2) is 18.2. The van der Waals surface area contributed by atoms with Crippen LogP contribution in [0, 0.1) is 6.92 Å². The van der Waals surface area contributed by atoms with Gasteiger partial charge in [-0.25, -0.2) is 9.46 Å². The number of aromatic nitrogens is 2. The highest BCUT2D eigenvalue weighted by Gasteiger charge is 2.51. The maximum Gasteiger partial charge on any atom is 0.328 e. The molecule has 0 radical (unpaired) electrons. The molecule has 0 saturated carbocycles. The van der Waals surface area contributed by atoms with Crippen molar-refractivity contribution in [2.75, 3.05) is 27.4 Å². The molecular formula is C48H52N3O7PSi. The molecule has 0 aliphatic carbocycles. The summed E-state index contributed by atoms with van der Waals surface area (Å²) in [7, 11) is -0.506. The highest BCUT2D eigenvalue weighted by Crippen LogP contribution is 2.58. The minimum absolute atomic E-state index is 0.0442. The molecule has 0 bridgehead atoms. The summed E-state index contributed by atoms with van der Waals surface area (Å²) in [6.07, 6.45) is 2.96. The quantitative estimate of drug-likeness (QED) is 0.0619. The number of aromatic amines is 1. The predicted octanol–water partition coefficient (Wildman–Crippen LogP) is 7.24. The number of benzene rings is 5. The van der Waals surface area contributed by atoms with Crippen molar-refractivity contribution in [3.63, 3.8) is 0 Å². The Morgan fingerprint density at radius 3 is 1.87 bits per heavy atom. The average molecular weight is 842 g/mol. The standard InChI is InChI=1S/C48H52N3O7PSi/c1-35-31-50(47(53)49-46(35)52)32-41(33-56-48(36-15-8-5-9-16-36,37-22-26-39(54-2)27-23-37)38-24-28-40(55-3)29-25-38)57-59-51-30-14-21-44(51)45(58-59)34-60(4,42-17-10-6-11-18-42)43-19-12-7-13-20-43/h5-13,15-20,22-29,31,41,44-45H,14,21,30,32-34H2,1-4H3,(H,49,52,53)/t41-,44+,45-,59+/m1/s1. The third kappa shape index (κ3) is 8.43. The lowest BCUT2D eigenvalue weighted by molar-refractivity contribution is -0.0364. The lowest BCUT2D eigenvalue weighted by atomic mass is 9.80. The van der Waals surface area contributed by atoms with Gasteiger partial charge in [0.15, 0.2) is 0 Å². The van der Waals surface area contributed by atoms with Crippen LogP contribution in [0.25, 0.3) is 0 Å². The molecule has 10 nitrogen and oxygen atoms in total. The van der Waals surface area contributed by atoms with E-state index in [9.17, 15) is 9.59 Å². The molecule has 60 heavy (non-hydrogen) atoms. The van der Waals surface area contributed by atoms with Crippen LogP contribution in [0.4, 0.5) is 0 Å². The summed E-state index contributed by atoms with van der Waals surface area (Å²) < 4.78 is 36.7. The molecule has 1 aromatic heterocycles. The summed E-state index contributed by atoms with van der Waals surface area (Å²) in [5.74, 6) is 1.44. The van der Waals surface area contributed by atoms with Gasteiger partial charge in [0.25, 0.3) is 14.1 Å². The van der Waals surface area contributed by atoms with E-state index in [2.05, 4.69) is 89.0 Å². The normalized spacial score (nSPS) is 18.6. The molecule has 0 amide bonds. The van der Waals surface area contributed by atoms with E-state index in [0.29, 0.717) is 5.56 Å². The number of fused-ring (bicyclic) bond motifs is 1. The fourth-order valence-electron chi connectivity index (χ4n) is 8.79. The predicted molar refractivity (Wildman–Crippen MR) is 239 cm³/mol. The molecule has 2 saturated heterocycles. The van der Waals surface area contributed by atoms with Crippen LogP contribution < -0.4 is 31.1 Å². The number of hydrogen-bond acceptors (Lipinski definition) is 8. The zero-order valence-electron chi connectivity index (χ0n) is 34.5. The molecule has 0 spiro atoms. The zero-order valence-corrected chi connectivity index (χ0v) is 36.4. The van der Waals surface area contributed by atoms with Gasteiger partial charge < -0.3 is 23.3 Å². The Morgan fingerprint density at radius 2 is 1.32 bits per heavy atom. The summed E-state index contributed by atoms with van der Waals surface area (Å²) >= 11 is 0. The molecule has 3 heterocycles. The Hall–Kier alpha value is -5.13. The van der Waals surface area contributed by atoms with Crippen LogP contribution in [-0.2, 0) is 25.9 Å². The van der Waals surface area contributed by atoms with Gasteiger partial charge in [-0.3, -0.25) is 14.3 Å². The van der Waals surface area contributed by atoms with Gasteiger partial charge in [0.2, 0.25) is 0 Å². The largest absolute Gasteiger partial charge is 0.497 e. The summed E-state index contributed by atoms with van der Waals surface area (Å²) in [6.45, 7) is 5.20. The summed E-state index contributed by atoms with van der Waals surface area (Å²) in [5, 5.41) is 2.74. The van der Waals surface area contributed by atoms with Crippen molar-refractivity contribution in [1.82, 2.24) is 14.2 Å². The van der Waals surface area contributed by atoms with E-state index >= 15 is 0 Å². The third-order valence-corrected chi connectivity index (χ3v) is 18.3. The molecule has 2 fully saturated rings. The second-order valence-electron chi connectivity index (χ2n) is 15.8. The van der Waals surface area contributed by atoms with E-state index in [1.807, 2.05) is 66.7 Å². The van der Waals surface area contributed by atoms with Gasteiger partial charge in [0.05, 0.1) is 33.5 Å². The van der Waals surface area contributed by atoms with Crippen molar-refractivity contribution in [3.05, 3.63) is 189 Å². The van der Waals surface area contributed by atoms with Gasteiger partial charge in [-0.15, -0.1) is 0 Å². The van der Waals surface area contributed by atoms with Crippen molar-refractivity contribution < 1.29 is 23.3 Å². The Morgan fingerprint density at radius 1 is 0.783 bits per heavy atom. The highest BCUT2D eigenvalue weighted by molar-refractivity contribution is 7.45. The summed E-state index contributed by atoms with van der Waals surface area (Å²) in [6, 6.07) is 48.8. The van der Waals surface area contributed by atoms with E-state index in [0.717, 1.165) is 53.6 Å².